The van der Waals surface area contributed by atoms with Gasteiger partial charge in [0.15, 0.2) is 11.6 Å². The van der Waals surface area contributed by atoms with E-state index < -0.39 is 27.2 Å². The lowest BCUT2D eigenvalue weighted by molar-refractivity contribution is -0.00803. The van der Waals surface area contributed by atoms with Crippen molar-refractivity contribution in [3.05, 3.63) is 29.8 Å². The average Bonchev–Trinajstić information content (AvgIpc) is 2.49. The molecule has 2 rings (SSSR count). The van der Waals surface area contributed by atoms with Crippen LogP contribution >= 0.6 is 12.4 Å². The van der Waals surface area contributed by atoms with E-state index in [1.165, 1.54) is 0 Å². The minimum Gasteiger partial charge on any atom is -0.379 e. The zero-order chi connectivity index (χ0) is 16.4. The third kappa shape index (κ3) is 5.09. The van der Waals surface area contributed by atoms with E-state index in [9.17, 15) is 17.2 Å². The topological polar surface area (TPSA) is 58.6 Å². The van der Waals surface area contributed by atoms with Crippen LogP contribution < -0.4 is 4.72 Å². The Balaban J connectivity index is 0.00000264. The summed E-state index contributed by atoms with van der Waals surface area (Å²) in [5, 5.41) is 0. The molecular formula is C14H21ClF2N2O3S. The summed E-state index contributed by atoms with van der Waals surface area (Å²) in [4.78, 5) is 1.84. The first-order chi connectivity index (χ1) is 10.2. The molecule has 0 amide bonds. The summed E-state index contributed by atoms with van der Waals surface area (Å²) >= 11 is 0. The first-order valence-electron chi connectivity index (χ1n) is 7.00. The van der Waals surface area contributed by atoms with Gasteiger partial charge in [0.2, 0.25) is 10.0 Å². The molecule has 1 aliphatic rings. The normalized spacial score (nSPS) is 16.9. The summed E-state index contributed by atoms with van der Waals surface area (Å²) in [6.07, 6.45) is 0. The third-order valence-electron chi connectivity index (χ3n) is 3.76. The van der Waals surface area contributed by atoms with Gasteiger partial charge in [0.25, 0.3) is 0 Å². The van der Waals surface area contributed by atoms with Gasteiger partial charge in [0.05, 0.1) is 18.1 Å². The van der Waals surface area contributed by atoms with E-state index in [-0.39, 0.29) is 23.8 Å². The molecule has 1 N–H and O–H groups in total. The highest BCUT2D eigenvalue weighted by molar-refractivity contribution is 7.89. The molecule has 5 nitrogen and oxygen atoms in total. The summed E-state index contributed by atoms with van der Waals surface area (Å²) < 4.78 is 58.2. The Labute approximate surface area is 141 Å². The first kappa shape index (κ1) is 20.2. The van der Waals surface area contributed by atoms with Gasteiger partial charge in [-0.05, 0) is 32.0 Å². The van der Waals surface area contributed by atoms with Crippen molar-refractivity contribution in [2.45, 2.75) is 24.3 Å². The Kier molecular flexibility index (Phi) is 6.91. The van der Waals surface area contributed by atoms with E-state index in [0.717, 1.165) is 25.2 Å². The number of halogens is 3. The number of hydrogen-bond donors (Lipinski definition) is 1. The maximum absolute atomic E-state index is 13.2. The van der Waals surface area contributed by atoms with Gasteiger partial charge in [-0.2, -0.15) is 0 Å². The molecule has 0 spiro atoms. The molecule has 1 aromatic carbocycles. The van der Waals surface area contributed by atoms with E-state index >= 15 is 0 Å². The van der Waals surface area contributed by atoms with E-state index in [1.54, 1.807) is 0 Å². The first-order valence-corrected chi connectivity index (χ1v) is 8.48. The lowest BCUT2D eigenvalue weighted by Gasteiger charge is -2.40. The van der Waals surface area contributed by atoms with Crippen molar-refractivity contribution in [2.24, 2.45) is 0 Å². The molecule has 0 saturated carbocycles. The minimum absolute atomic E-state index is 0. The van der Waals surface area contributed by atoms with Crippen LogP contribution in [0, 0.1) is 11.6 Å². The molecular weight excluding hydrogens is 350 g/mol. The van der Waals surface area contributed by atoms with Gasteiger partial charge < -0.3 is 4.74 Å². The van der Waals surface area contributed by atoms with Crippen molar-refractivity contribution < 1.29 is 21.9 Å². The Morgan fingerprint density at radius 1 is 1.22 bits per heavy atom. The largest absolute Gasteiger partial charge is 0.379 e. The predicted octanol–water partition coefficient (Wildman–Crippen LogP) is 1.78. The lowest BCUT2D eigenvalue weighted by atomic mass is 10.0. The second-order valence-corrected chi connectivity index (χ2v) is 7.58. The van der Waals surface area contributed by atoms with Crippen molar-refractivity contribution >= 4 is 22.4 Å². The number of nitrogens with zero attached hydrogens (tertiary/aromatic N) is 1. The number of rotatable bonds is 5. The second kappa shape index (κ2) is 7.85. The maximum atomic E-state index is 13.2. The van der Waals surface area contributed by atoms with Gasteiger partial charge in [-0.25, -0.2) is 21.9 Å². The molecule has 1 fully saturated rings. The molecule has 9 heteroatoms. The Morgan fingerprint density at radius 2 is 1.83 bits per heavy atom. The Morgan fingerprint density at radius 3 is 2.39 bits per heavy atom. The van der Waals surface area contributed by atoms with Crippen LogP contribution in [-0.4, -0.2) is 51.7 Å². The highest BCUT2D eigenvalue weighted by atomic mass is 35.5. The Bertz CT molecular complexity index is 635. The van der Waals surface area contributed by atoms with Crippen molar-refractivity contribution in [3.63, 3.8) is 0 Å². The van der Waals surface area contributed by atoms with E-state index in [1.807, 2.05) is 13.8 Å². The van der Waals surface area contributed by atoms with Gasteiger partial charge in [-0.1, -0.05) is 0 Å². The number of morpholine rings is 1. The number of nitrogens with one attached hydrogen (secondary N) is 1. The molecule has 1 aliphatic heterocycles. The van der Waals surface area contributed by atoms with Crippen LogP contribution in [0.2, 0.25) is 0 Å². The van der Waals surface area contributed by atoms with E-state index in [4.69, 9.17) is 4.74 Å². The molecule has 0 bridgehead atoms. The Hall–Kier alpha value is -0.800. The van der Waals surface area contributed by atoms with Crippen molar-refractivity contribution in [1.82, 2.24) is 9.62 Å². The average molecular weight is 371 g/mol. The van der Waals surface area contributed by atoms with Gasteiger partial charge in [0, 0.05) is 25.2 Å². The summed E-state index contributed by atoms with van der Waals surface area (Å²) in [6, 6.07) is 2.53. The standard InChI is InChI=1S/C14H20F2N2O3S.ClH/c1-14(2,18-5-7-21-8-6-18)10-17-22(19,20)11-3-4-12(15)13(16)9-11;/h3-4,9,17H,5-8,10H2,1-2H3;1H. The summed E-state index contributed by atoms with van der Waals surface area (Å²) in [5.41, 5.74) is -0.407. The predicted molar refractivity (Wildman–Crippen MR) is 85.3 cm³/mol. The van der Waals surface area contributed by atoms with Crippen LogP contribution in [0.15, 0.2) is 23.1 Å². The molecule has 132 valence electrons. The molecule has 1 saturated heterocycles. The molecule has 0 radical (unpaired) electrons. The molecule has 0 atom stereocenters. The molecule has 1 heterocycles. The van der Waals surface area contributed by atoms with E-state index in [0.29, 0.717) is 19.3 Å². The summed E-state index contributed by atoms with van der Waals surface area (Å²) in [5.74, 6) is -2.26. The number of benzene rings is 1. The van der Waals surface area contributed by atoms with Gasteiger partial charge >= 0.3 is 0 Å². The smallest absolute Gasteiger partial charge is 0.240 e. The second-order valence-electron chi connectivity index (χ2n) is 5.81. The minimum atomic E-state index is -3.89. The van der Waals surface area contributed by atoms with Crippen LogP contribution in [0.1, 0.15) is 13.8 Å². The van der Waals surface area contributed by atoms with Gasteiger partial charge in [-0.3, -0.25) is 4.90 Å². The third-order valence-corrected chi connectivity index (χ3v) is 5.16. The fourth-order valence-corrected chi connectivity index (χ4v) is 3.50. The van der Waals surface area contributed by atoms with Crippen molar-refractivity contribution in [1.29, 1.82) is 0 Å². The van der Waals surface area contributed by atoms with Crippen LogP contribution in [-0.2, 0) is 14.8 Å². The van der Waals surface area contributed by atoms with Gasteiger partial charge in [-0.15, -0.1) is 12.4 Å². The maximum Gasteiger partial charge on any atom is 0.240 e. The fraction of sp³-hybridized carbons (Fsp3) is 0.571. The number of sulfonamides is 1. The van der Waals surface area contributed by atoms with Gasteiger partial charge in [0.1, 0.15) is 0 Å². The molecule has 0 aliphatic carbocycles. The SMILES string of the molecule is CC(C)(CNS(=O)(=O)c1ccc(F)c(F)c1)N1CCOCC1.Cl. The van der Waals surface area contributed by atoms with Crippen LogP contribution in [0.25, 0.3) is 0 Å². The number of hydrogen-bond acceptors (Lipinski definition) is 4. The molecule has 23 heavy (non-hydrogen) atoms. The number of ether oxygens (including phenoxy) is 1. The highest BCUT2D eigenvalue weighted by Crippen LogP contribution is 2.18. The monoisotopic (exact) mass is 370 g/mol. The zero-order valence-electron chi connectivity index (χ0n) is 13.0. The summed E-state index contributed by atoms with van der Waals surface area (Å²) in [7, 11) is -3.89. The summed E-state index contributed by atoms with van der Waals surface area (Å²) in [6.45, 7) is 6.67. The lowest BCUT2D eigenvalue weighted by Crippen LogP contribution is -2.55. The van der Waals surface area contributed by atoms with E-state index in [2.05, 4.69) is 9.62 Å². The van der Waals surface area contributed by atoms with Crippen molar-refractivity contribution in [3.8, 4) is 0 Å². The van der Waals surface area contributed by atoms with Crippen LogP contribution in [0.4, 0.5) is 8.78 Å². The quantitative estimate of drug-likeness (QED) is 0.858. The fourth-order valence-electron chi connectivity index (χ4n) is 2.28. The molecule has 0 aromatic heterocycles. The van der Waals surface area contributed by atoms with Crippen LogP contribution in [0.5, 0.6) is 0 Å². The molecule has 1 aromatic rings. The van der Waals surface area contributed by atoms with Crippen LogP contribution in [0.3, 0.4) is 0 Å². The van der Waals surface area contributed by atoms with Crippen molar-refractivity contribution in [2.75, 3.05) is 32.8 Å². The molecule has 0 unspecified atom stereocenters. The zero-order valence-corrected chi connectivity index (χ0v) is 14.6. The highest BCUT2D eigenvalue weighted by Gasteiger charge is 2.30.